The smallest absolute Gasteiger partial charge is 0.247 e. The molecule has 0 unspecified atom stereocenters. The van der Waals surface area contributed by atoms with Crippen LogP contribution < -0.4 is 5.32 Å². The number of nitrogens with one attached hydrogen (secondary N) is 1. The predicted molar refractivity (Wildman–Crippen MR) is 82.9 cm³/mol. The van der Waals surface area contributed by atoms with E-state index in [0.29, 0.717) is 23.9 Å². The molecule has 0 amide bonds. The molecule has 0 spiro atoms. The molecular formula is C17H16FN3O. The molecular weight excluding hydrogens is 281 g/mol. The minimum atomic E-state index is -0.292. The van der Waals surface area contributed by atoms with Crippen molar-refractivity contribution in [1.29, 1.82) is 0 Å². The van der Waals surface area contributed by atoms with E-state index in [1.165, 1.54) is 23.3 Å². The van der Waals surface area contributed by atoms with Crippen LogP contribution in [0.1, 0.15) is 17.0 Å². The van der Waals surface area contributed by atoms with Gasteiger partial charge in [0.1, 0.15) is 5.82 Å². The van der Waals surface area contributed by atoms with Gasteiger partial charge in [-0.2, -0.15) is 0 Å². The van der Waals surface area contributed by atoms with E-state index in [2.05, 4.69) is 28.5 Å². The molecule has 112 valence electrons. The van der Waals surface area contributed by atoms with Crippen molar-refractivity contribution in [3.05, 3.63) is 65.3 Å². The highest BCUT2D eigenvalue weighted by molar-refractivity contribution is 5.53. The molecule has 22 heavy (non-hydrogen) atoms. The van der Waals surface area contributed by atoms with E-state index >= 15 is 0 Å². The van der Waals surface area contributed by atoms with Gasteiger partial charge in [0.15, 0.2) is 0 Å². The lowest BCUT2D eigenvalue weighted by Gasteiger charge is -2.07. The minimum Gasteiger partial charge on any atom is -0.419 e. The number of rotatable bonds is 4. The number of anilines is 1. The van der Waals surface area contributed by atoms with E-state index < -0.39 is 0 Å². The molecule has 3 rings (SSSR count). The van der Waals surface area contributed by atoms with Crippen molar-refractivity contribution in [3.63, 3.8) is 0 Å². The zero-order chi connectivity index (χ0) is 15.5. The molecule has 1 N–H and O–H groups in total. The molecule has 3 aromatic rings. The molecule has 4 nitrogen and oxygen atoms in total. The van der Waals surface area contributed by atoms with E-state index in [-0.39, 0.29) is 5.82 Å². The van der Waals surface area contributed by atoms with Crippen LogP contribution in [0.3, 0.4) is 0 Å². The Morgan fingerprint density at radius 1 is 1.05 bits per heavy atom. The second-order valence-corrected chi connectivity index (χ2v) is 5.18. The summed E-state index contributed by atoms with van der Waals surface area (Å²) in [5.74, 6) is 0.580. The Hall–Kier alpha value is -2.69. The van der Waals surface area contributed by atoms with Crippen molar-refractivity contribution in [1.82, 2.24) is 10.2 Å². The summed E-state index contributed by atoms with van der Waals surface area (Å²) in [7, 11) is 0. The van der Waals surface area contributed by atoms with Crippen LogP contribution in [-0.2, 0) is 6.54 Å². The Morgan fingerprint density at radius 3 is 2.55 bits per heavy atom. The normalized spacial score (nSPS) is 10.7. The highest BCUT2D eigenvalue weighted by Gasteiger charge is 2.09. The second kappa shape index (κ2) is 5.97. The molecule has 2 aromatic carbocycles. The molecule has 0 aliphatic heterocycles. The Labute approximate surface area is 128 Å². The summed E-state index contributed by atoms with van der Waals surface area (Å²) in [5.41, 5.74) is 4.12. The lowest BCUT2D eigenvalue weighted by atomic mass is 10.1. The Balaban J connectivity index is 1.70. The summed E-state index contributed by atoms with van der Waals surface area (Å²) in [6, 6.07) is 12.2. The minimum absolute atomic E-state index is 0.292. The lowest BCUT2D eigenvalue weighted by molar-refractivity contribution is 0.515. The maximum Gasteiger partial charge on any atom is 0.247 e. The second-order valence-electron chi connectivity index (χ2n) is 5.18. The summed E-state index contributed by atoms with van der Waals surface area (Å²) in [5, 5.41) is 11.3. The monoisotopic (exact) mass is 297 g/mol. The van der Waals surface area contributed by atoms with Gasteiger partial charge in [0.2, 0.25) is 11.8 Å². The summed E-state index contributed by atoms with van der Waals surface area (Å²) in [6.07, 6.45) is 0. The quantitative estimate of drug-likeness (QED) is 0.787. The van der Waals surface area contributed by atoms with E-state index in [4.69, 9.17) is 4.42 Å². The number of halogens is 1. The molecule has 0 aliphatic rings. The first kappa shape index (κ1) is 14.3. The van der Waals surface area contributed by atoms with Crippen LogP contribution in [0.2, 0.25) is 0 Å². The zero-order valence-electron chi connectivity index (χ0n) is 12.4. The van der Waals surface area contributed by atoms with E-state index in [0.717, 1.165) is 5.69 Å². The van der Waals surface area contributed by atoms with Gasteiger partial charge in [0.05, 0.1) is 6.54 Å². The number of aryl methyl sites for hydroxylation is 2. The van der Waals surface area contributed by atoms with E-state index in [9.17, 15) is 4.39 Å². The molecule has 0 radical (unpaired) electrons. The van der Waals surface area contributed by atoms with Gasteiger partial charge in [-0.25, -0.2) is 4.39 Å². The molecule has 1 aromatic heterocycles. The zero-order valence-corrected chi connectivity index (χ0v) is 12.4. The Bertz CT molecular complexity index is 781. The topological polar surface area (TPSA) is 51.0 Å². The fourth-order valence-corrected chi connectivity index (χ4v) is 2.22. The Kier molecular flexibility index (Phi) is 3.87. The molecule has 0 atom stereocenters. The van der Waals surface area contributed by atoms with Gasteiger partial charge in [-0.15, -0.1) is 10.2 Å². The van der Waals surface area contributed by atoms with E-state index in [1.807, 2.05) is 19.1 Å². The average Bonchev–Trinajstić information content (AvgIpc) is 2.96. The van der Waals surface area contributed by atoms with Crippen molar-refractivity contribution < 1.29 is 8.81 Å². The number of benzene rings is 2. The molecule has 5 heteroatoms. The van der Waals surface area contributed by atoms with Crippen LogP contribution in [0.15, 0.2) is 46.9 Å². The molecule has 0 fully saturated rings. The van der Waals surface area contributed by atoms with Crippen LogP contribution in [0, 0.1) is 19.7 Å². The maximum absolute atomic E-state index is 12.9. The van der Waals surface area contributed by atoms with Gasteiger partial charge in [0, 0.05) is 11.3 Å². The van der Waals surface area contributed by atoms with Crippen molar-refractivity contribution in [2.45, 2.75) is 20.4 Å². The first-order valence-electron chi connectivity index (χ1n) is 7.01. The third-order valence-corrected chi connectivity index (χ3v) is 3.37. The van der Waals surface area contributed by atoms with Crippen molar-refractivity contribution in [2.75, 3.05) is 5.32 Å². The fourth-order valence-electron chi connectivity index (χ4n) is 2.22. The third-order valence-electron chi connectivity index (χ3n) is 3.37. The maximum atomic E-state index is 12.9. The first-order chi connectivity index (χ1) is 10.6. The molecule has 0 aliphatic carbocycles. The van der Waals surface area contributed by atoms with Gasteiger partial charge in [-0.05, 0) is 49.7 Å². The standard InChI is InChI=1S/C17H16FN3O/c1-11-3-8-15(12(2)9-11)19-10-16-20-21-17(22-16)13-4-6-14(18)7-5-13/h3-9,19H,10H2,1-2H3. The molecule has 0 saturated carbocycles. The summed E-state index contributed by atoms with van der Waals surface area (Å²) in [4.78, 5) is 0. The van der Waals surface area contributed by atoms with Crippen LogP contribution in [0.5, 0.6) is 0 Å². The third kappa shape index (κ3) is 3.14. The summed E-state index contributed by atoms with van der Waals surface area (Å²) >= 11 is 0. The number of nitrogens with zero attached hydrogens (tertiary/aromatic N) is 2. The van der Waals surface area contributed by atoms with Gasteiger partial charge in [-0.3, -0.25) is 0 Å². The number of hydrogen-bond donors (Lipinski definition) is 1. The van der Waals surface area contributed by atoms with Crippen LogP contribution in [0.4, 0.5) is 10.1 Å². The molecule has 0 saturated heterocycles. The van der Waals surface area contributed by atoms with Crippen LogP contribution in [-0.4, -0.2) is 10.2 Å². The average molecular weight is 297 g/mol. The first-order valence-corrected chi connectivity index (χ1v) is 7.01. The van der Waals surface area contributed by atoms with Crippen LogP contribution >= 0.6 is 0 Å². The van der Waals surface area contributed by atoms with Crippen molar-refractivity contribution in [2.24, 2.45) is 0 Å². The van der Waals surface area contributed by atoms with Gasteiger partial charge in [-0.1, -0.05) is 17.7 Å². The largest absolute Gasteiger partial charge is 0.419 e. The van der Waals surface area contributed by atoms with Crippen molar-refractivity contribution in [3.8, 4) is 11.5 Å². The number of hydrogen-bond acceptors (Lipinski definition) is 4. The van der Waals surface area contributed by atoms with Crippen molar-refractivity contribution >= 4 is 5.69 Å². The van der Waals surface area contributed by atoms with E-state index in [1.54, 1.807) is 12.1 Å². The highest BCUT2D eigenvalue weighted by Crippen LogP contribution is 2.20. The van der Waals surface area contributed by atoms with Gasteiger partial charge in [0.25, 0.3) is 0 Å². The number of aromatic nitrogens is 2. The van der Waals surface area contributed by atoms with Gasteiger partial charge >= 0.3 is 0 Å². The highest BCUT2D eigenvalue weighted by atomic mass is 19.1. The SMILES string of the molecule is Cc1ccc(NCc2nnc(-c3ccc(F)cc3)o2)c(C)c1. The summed E-state index contributed by atoms with van der Waals surface area (Å²) in [6.45, 7) is 4.55. The van der Waals surface area contributed by atoms with Crippen LogP contribution in [0.25, 0.3) is 11.5 Å². The fraction of sp³-hybridized carbons (Fsp3) is 0.176. The molecule has 0 bridgehead atoms. The van der Waals surface area contributed by atoms with Gasteiger partial charge < -0.3 is 9.73 Å². The lowest BCUT2D eigenvalue weighted by Crippen LogP contribution is -2.01. The molecule has 1 heterocycles. The summed E-state index contributed by atoms with van der Waals surface area (Å²) < 4.78 is 18.5. The Morgan fingerprint density at radius 2 is 1.82 bits per heavy atom. The predicted octanol–water partition coefficient (Wildman–Crippen LogP) is 4.10.